The second-order valence-electron chi connectivity index (χ2n) is 5.97. The van der Waals surface area contributed by atoms with Crippen molar-refractivity contribution in [3.63, 3.8) is 0 Å². The fraction of sp³-hybridized carbons (Fsp3) is 0.312. The summed E-state index contributed by atoms with van der Waals surface area (Å²) < 4.78 is 78.7. The number of hydrogen-bond donors (Lipinski definition) is 1. The fourth-order valence-corrected chi connectivity index (χ4v) is 2.96. The Balaban J connectivity index is 2.64. The smallest absolute Gasteiger partial charge is 0.416 e. The van der Waals surface area contributed by atoms with Crippen LogP contribution in [-0.2, 0) is 17.1 Å². The summed E-state index contributed by atoms with van der Waals surface area (Å²) in [5.41, 5.74) is -3.38. The highest BCUT2D eigenvalue weighted by Crippen LogP contribution is 2.38. The maximum atomic E-state index is 13.0. The van der Waals surface area contributed by atoms with Gasteiger partial charge in [0.15, 0.2) is 5.82 Å². The molecule has 0 fully saturated rings. The Morgan fingerprint density at radius 3 is 1.96 bits per heavy atom. The molecule has 0 spiro atoms. The molecule has 28 heavy (non-hydrogen) atoms. The number of allylic oxidation sites excluding steroid dienone is 1. The maximum Gasteiger partial charge on any atom is 0.416 e. The molecule has 0 aliphatic heterocycles. The van der Waals surface area contributed by atoms with Gasteiger partial charge in [-0.1, -0.05) is 13.8 Å². The van der Waals surface area contributed by atoms with Gasteiger partial charge in [0.1, 0.15) is 10.8 Å². The molecule has 2 aromatic rings. The van der Waals surface area contributed by atoms with Crippen molar-refractivity contribution in [3.8, 4) is 11.4 Å². The van der Waals surface area contributed by atoms with E-state index in [1.54, 1.807) is 13.8 Å². The number of carboxylic acids is 1. The van der Waals surface area contributed by atoms with E-state index in [2.05, 4.69) is 26.0 Å². The van der Waals surface area contributed by atoms with Crippen molar-refractivity contribution in [2.75, 3.05) is 0 Å². The fourth-order valence-electron chi connectivity index (χ4n) is 2.32. The highest BCUT2D eigenvalue weighted by molar-refractivity contribution is 9.12. The second kappa shape index (κ2) is 7.57. The molecule has 0 aliphatic rings. The number of aliphatic carboxylic acids is 1. The zero-order chi connectivity index (χ0) is 21.4. The molecule has 1 N–H and O–H groups in total. The molecule has 0 atom stereocenters. The van der Waals surface area contributed by atoms with Gasteiger partial charge in [-0.15, -0.1) is 5.10 Å². The van der Waals surface area contributed by atoms with Crippen LogP contribution in [-0.4, -0.2) is 25.8 Å². The quantitative estimate of drug-likeness (QED) is 0.486. The minimum atomic E-state index is -5.01. The SMILES string of the molecule is CC(C)/C(=C(\Br)C(=O)O)n1cnc(-c2cc(C(F)(F)F)cc(C(F)(F)F)c2)n1. The zero-order valence-electron chi connectivity index (χ0n) is 14.2. The Kier molecular flexibility index (Phi) is 5.93. The van der Waals surface area contributed by atoms with Gasteiger partial charge in [0.05, 0.1) is 16.8 Å². The highest BCUT2D eigenvalue weighted by Gasteiger charge is 2.37. The molecule has 0 unspecified atom stereocenters. The van der Waals surface area contributed by atoms with Crippen LogP contribution in [0, 0.1) is 5.92 Å². The average Bonchev–Trinajstić information content (AvgIpc) is 3.02. The van der Waals surface area contributed by atoms with Gasteiger partial charge in [-0.25, -0.2) is 14.5 Å². The predicted octanol–water partition coefficient (Wildman–Crippen LogP) is 5.29. The Hall–Kier alpha value is -2.37. The van der Waals surface area contributed by atoms with Crippen molar-refractivity contribution in [1.82, 2.24) is 14.8 Å². The molecule has 0 saturated heterocycles. The number of halogens is 7. The van der Waals surface area contributed by atoms with Gasteiger partial charge in [0, 0.05) is 5.56 Å². The van der Waals surface area contributed by atoms with E-state index in [1.807, 2.05) is 0 Å². The van der Waals surface area contributed by atoms with E-state index >= 15 is 0 Å². The summed E-state index contributed by atoms with van der Waals surface area (Å²) in [4.78, 5) is 14.9. The minimum absolute atomic E-state index is 0.000952. The Morgan fingerprint density at radius 2 is 1.57 bits per heavy atom. The molecule has 1 aromatic carbocycles. The molecule has 0 radical (unpaired) electrons. The van der Waals surface area contributed by atoms with Crippen molar-refractivity contribution >= 4 is 27.6 Å². The van der Waals surface area contributed by atoms with E-state index in [9.17, 15) is 31.1 Å². The highest BCUT2D eigenvalue weighted by atomic mass is 79.9. The van der Waals surface area contributed by atoms with E-state index in [1.165, 1.54) is 0 Å². The largest absolute Gasteiger partial charge is 0.477 e. The summed E-state index contributed by atoms with van der Waals surface area (Å²) >= 11 is 2.88. The number of benzene rings is 1. The summed E-state index contributed by atoms with van der Waals surface area (Å²) in [5.74, 6) is -2.13. The van der Waals surface area contributed by atoms with E-state index in [0.29, 0.717) is 12.1 Å². The van der Waals surface area contributed by atoms with E-state index < -0.39 is 46.8 Å². The van der Waals surface area contributed by atoms with Gasteiger partial charge in [-0.2, -0.15) is 26.3 Å². The number of nitrogens with zero attached hydrogens (tertiary/aromatic N) is 3. The van der Waals surface area contributed by atoms with E-state index in [4.69, 9.17) is 5.11 Å². The third-order valence-corrected chi connectivity index (χ3v) is 4.29. The molecule has 1 aromatic heterocycles. The van der Waals surface area contributed by atoms with Crippen LogP contribution >= 0.6 is 15.9 Å². The van der Waals surface area contributed by atoms with Gasteiger partial charge in [0.2, 0.25) is 0 Å². The first kappa shape index (κ1) is 21.9. The third-order valence-electron chi connectivity index (χ3n) is 3.54. The lowest BCUT2D eigenvalue weighted by molar-refractivity contribution is -0.143. The van der Waals surface area contributed by atoms with Gasteiger partial charge in [0.25, 0.3) is 0 Å². The number of rotatable bonds is 4. The Morgan fingerprint density at radius 1 is 1.07 bits per heavy atom. The summed E-state index contributed by atoms with van der Waals surface area (Å²) in [6.07, 6.45) is -9.00. The Labute approximate surface area is 162 Å². The lowest BCUT2D eigenvalue weighted by Crippen LogP contribution is -2.11. The predicted molar refractivity (Wildman–Crippen MR) is 90.1 cm³/mol. The summed E-state index contributed by atoms with van der Waals surface area (Å²) in [7, 11) is 0. The lowest BCUT2D eigenvalue weighted by Gasteiger charge is -2.13. The first-order valence-corrected chi connectivity index (χ1v) is 8.36. The first-order chi connectivity index (χ1) is 12.7. The van der Waals surface area contributed by atoms with Gasteiger partial charge >= 0.3 is 18.3 Å². The molecule has 1 heterocycles. The molecule has 0 bridgehead atoms. The first-order valence-electron chi connectivity index (χ1n) is 7.56. The zero-order valence-corrected chi connectivity index (χ0v) is 15.8. The van der Waals surface area contributed by atoms with Crippen molar-refractivity contribution < 1.29 is 36.2 Å². The normalized spacial score (nSPS) is 13.6. The van der Waals surface area contributed by atoms with Crippen LogP contribution in [0.3, 0.4) is 0 Å². The average molecular weight is 472 g/mol. The standard InChI is InChI=1S/C16H12BrF6N3O2/c1-7(2)12(11(17)14(27)28)26-6-24-13(25-26)8-3-9(15(18,19)20)5-10(4-8)16(21,22)23/h3-7H,1-2H3,(H,27,28)/b12-11+. The lowest BCUT2D eigenvalue weighted by atomic mass is 10.0. The van der Waals surface area contributed by atoms with Crippen LogP contribution < -0.4 is 0 Å². The third kappa shape index (κ3) is 4.72. The molecular formula is C16H12BrF6N3O2. The van der Waals surface area contributed by atoms with Gasteiger partial charge in [-0.3, -0.25) is 0 Å². The van der Waals surface area contributed by atoms with Crippen LogP contribution in [0.25, 0.3) is 17.1 Å². The van der Waals surface area contributed by atoms with Crippen LogP contribution in [0.4, 0.5) is 26.3 Å². The summed E-state index contributed by atoms with van der Waals surface area (Å²) in [6, 6.07) is 1.00. The molecule has 0 aliphatic carbocycles. The second-order valence-corrected chi connectivity index (χ2v) is 6.76. The maximum absolute atomic E-state index is 13.0. The van der Waals surface area contributed by atoms with Gasteiger partial charge in [-0.05, 0) is 40.0 Å². The van der Waals surface area contributed by atoms with E-state index in [-0.39, 0.29) is 16.2 Å². The summed E-state index contributed by atoms with van der Waals surface area (Å²) in [6.45, 7) is 3.26. The molecule has 0 amide bonds. The molecule has 152 valence electrons. The molecule has 0 saturated carbocycles. The number of carboxylic acid groups (broad SMARTS) is 1. The number of hydrogen-bond acceptors (Lipinski definition) is 3. The van der Waals surface area contributed by atoms with Crippen molar-refractivity contribution in [2.24, 2.45) is 5.92 Å². The monoisotopic (exact) mass is 471 g/mol. The van der Waals surface area contributed by atoms with Crippen molar-refractivity contribution in [2.45, 2.75) is 26.2 Å². The molecule has 5 nitrogen and oxygen atoms in total. The van der Waals surface area contributed by atoms with Crippen LogP contribution in [0.5, 0.6) is 0 Å². The number of alkyl halides is 6. The number of carbonyl (C=O) groups is 1. The van der Waals surface area contributed by atoms with Crippen molar-refractivity contribution in [3.05, 3.63) is 40.1 Å². The van der Waals surface area contributed by atoms with Crippen LogP contribution in [0.2, 0.25) is 0 Å². The Bertz CT molecular complexity index is 899. The van der Waals surface area contributed by atoms with Crippen LogP contribution in [0.15, 0.2) is 29.0 Å². The van der Waals surface area contributed by atoms with Gasteiger partial charge < -0.3 is 5.11 Å². The summed E-state index contributed by atoms with van der Waals surface area (Å²) in [5, 5.41) is 13.0. The minimum Gasteiger partial charge on any atom is -0.477 e. The molecule has 2 rings (SSSR count). The molecular weight excluding hydrogens is 460 g/mol. The van der Waals surface area contributed by atoms with Crippen LogP contribution in [0.1, 0.15) is 25.0 Å². The van der Waals surface area contributed by atoms with E-state index in [0.717, 1.165) is 11.0 Å². The van der Waals surface area contributed by atoms with Crippen molar-refractivity contribution in [1.29, 1.82) is 0 Å². The topological polar surface area (TPSA) is 68.0 Å². The molecule has 12 heteroatoms. The number of aromatic nitrogens is 3.